The highest BCUT2D eigenvalue weighted by Crippen LogP contribution is 1.90. The maximum atomic E-state index is 11.1. The number of rotatable bonds is 5. The molecule has 0 aliphatic carbocycles. The SMILES string of the molecule is CC(=O)NS(=O)(=O)CCS(=O)(=O)NC(C)=O. The van der Waals surface area contributed by atoms with Gasteiger partial charge < -0.3 is 0 Å². The van der Waals surface area contributed by atoms with Gasteiger partial charge in [-0.3, -0.25) is 19.0 Å². The monoisotopic (exact) mass is 272 g/mol. The first kappa shape index (κ1) is 14.8. The van der Waals surface area contributed by atoms with Crippen LogP contribution >= 0.6 is 0 Å². The maximum absolute atomic E-state index is 11.1. The fourth-order valence-electron chi connectivity index (χ4n) is 0.759. The van der Waals surface area contributed by atoms with Crippen LogP contribution in [0.1, 0.15) is 13.8 Å². The first-order chi connectivity index (χ1) is 7.04. The molecule has 0 spiro atoms. The highest BCUT2D eigenvalue weighted by Gasteiger charge is 2.19. The maximum Gasteiger partial charge on any atom is 0.235 e. The number of hydrogen-bond acceptors (Lipinski definition) is 6. The average molecular weight is 272 g/mol. The molecule has 0 fully saturated rings. The van der Waals surface area contributed by atoms with Crippen LogP contribution in [0.3, 0.4) is 0 Å². The van der Waals surface area contributed by atoms with E-state index in [-0.39, 0.29) is 0 Å². The number of amides is 2. The second-order valence-corrected chi connectivity index (χ2v) is 6.64. The summed E-state index contributed by atoms with van der Waals surface area (Å²) in [5.41, 5.74) is 0. The van der Waals surface area contributed by atoms with Crippen molar-refractivity contribution in [1.82, 2.24) is 9.44 Å². The Balaban J connectivity index is 4.46. The number of nitrogens with one attached hydrogen (secondary N) is 2. The van der Waals surface area contributed by atoms with Gasteiger partial charge in [0, 0.05) is 13.8 Å². The molecule has 94 valence electrons. The second kappa shape index (κ2) is 5.25. The first-order valence-electron chi connectivity index (χ1n) is 4.06. The quantitative estimate of drug-likeness (QED) is 0.591. The van der Waals surface area contributed by atoms with Crippen LogP contribution < -0.4 is 9.44 Å². The minimum Gasteiger partial charge on any atom is -0.274 e. The van der Waals surface area contributed by atoms with E-state index < -0.39 is 43.4 Å². The van der Waals surface area contributed by atoms with Crippen LogP contribution in [0.5, 0.6) is 0 Å². The molecule has 0 atom stereocenters. The smallest absolute Gasteiger partial charge is 0.235 e. The Kier molecular flexibility index (Phi) is 4.87. The van der Waals surface area contributed by atoms with Gasteiger partial charge in [0.1, 0.15) is 0 Å². The van der Waals surface area contributed by atoms with Crippen LogP contribution in [0.4, 0.5) is 0 Å². The lowest BCUT2D eigenvalue weighted by Gasteiger charge is -2.05. The van der Waals surface area contributed by atoms with Crippen molar-refractivity contribution in [2.75, 3.05) is 11.5 Å². The highest BCUT2D eigenvalue weighted by molar-refractivity contribution is 7.93. The van der Waals surface area contributed by atoms with Crippen molar-refractivity contribution in [3.8, 4) is 0 Å². The summed E-state index contributed by atoms with van der Waals surface area (Å²) in [6.07, 6.45) is 0. The molecule has 0 aromatic carbocycles. The molecule has 0 saturated carbocycles. The number of hydrogen-bond donors (Lipinski definition) is 2. The van der Waals surface area contributed by atoms with Crippen molar-refractivity contribution in [1.29, 1.82) is 0 Å². The van der Waals surface area contributed by atoms with Crippen molar-refractivity contribution in [2.24, 2.45) is 0 Å². The van der Waals surface area contributed by atoms with Gasteiger partial charge in [0.2, 0.25) is 31.9 Å². The van der Waals surface area contributed by atoms with E-state index in [0.717, 1.165) is 13.8 Å². The Hall–Kier alpha value is -1.16. The third-order valence-corrected chi connectivity index (χ3v) is 4.16. The Bertz CT molecular complexity index is 431. The van der Waals surface area contributed by atoms with Crippen molar-refractivity contribution >= 4 is 31.9 Å². The summed E-state index contributed by atoms with van der Waals surface area (Å²) < 4.78 is 47.5. The zero-order valence-electron chi connectivity index (χ0n) is 8.68. The van der Waals surface area contributed by atoms with E-state index in [9.17, 15) is 26.4 Å². The minimum absolute atomic E-state index is 0.796. The van der Waals surface area contributed by atoms with Gasteiger partial charge in [0.05, 0.1) is 11.5 Å². The van der Waals surface area contributed by atoms with Crippen molar-refractivity contribution in [3.05, 3.63) is 0 Å². The normalized spacial score (nSPS) is 11.9. The number of carbonyl (C=O) groups is 2. The van der Waals surface area contributed by atoms with E-state index in [4.69, 9.17) is 0 Å². The molecule has 0 unspecified atom stereocenters. The third-order valence-electron chi connectivity index (χ3n) is 1.22. The molecular formula is C6H12N2O6S2. The summed E-state index contributed by atoms with van der Waals surface area (Å²) in [5.74, 6) is -3.21. The lowest BCUT2D eigenvalue weighted by Crippen LogP contribution is -2.37. The van der Waals surface area contributed by atoms with Crippen LogP contribution in [0.15, 0.2) is 0 Å². The van der Waals surface area contributed by atoms with E-state index in [1.54, 1.807) is 9.44 Å². The molecule has 0 aromatic heterocycles. The molecule has 0 aliphatic heterocycles. The van der Waals surface area contributed by atoms with E-state index >= 15 is 0 Å². The van der Waals surface area contributed by atoms with Crippen LogP contribution in [0.25, 0.3) is 0 Å². The molecule has 10 heteroatoms. The zero-order chi connectivity index (χ0) is 13.0. The van der Waals surface area contributed by atoms with E-state index in [2.05, 4.69) is 0 Å². The Morgan fingerprint density at radius 1 is 0.812 bits per heavy atom. The second-order valence-electron chi connectivity index (χ2n) is 2.95. The molecular weight excluding hydrogens is 260 g/mol. The van der Waals surface area contributed by atoms with Crippen molar-refractivity contribution < 1.29 is 26.4 Å². The molecule has 0 saturated heterocycles. The summed E-state index contributed by atoms with van der Waals surface area (Å²) in [5, 5.41) is 0. The van der Waals surface area contributed by atoms with Gasteiger partial charge in [0.15, 0.2) is 0 Å². The summed E-state index contributed by atoms with van der Waals surface area (Å²) in [6.45, 7) is 1.97. The fourth-order valence-corrected chi connectivity index (χ4v) is 3.59. The van der Waals surface area contributed by atoms with E-state index in [0.29, 0.717) is 0 Å². The Morgan fingerprint density at radius 3 is 1.25 bits per heavy atom. The van der Waals surface area contributed by atoms with Gasteiger partial charge in [-0.15, -0.1) is 0 Å². The minimum atomic E-state index is -3.98. The lowest BCUT2D eigenvalue weighted by atomic mass is 10.8. The van der Waals surface area contributed by atoms with Crippen LogP contribution in [-0.4, -0.2) is 40.2 Å². The first-order valence-corrected chi connectivity index (χ1v) is 7.37. The topological polar surface area (TPSA) is 126 Å². The molecule has 0 radical (unpaired) electrons. The predicted octanol–water partition coefficient (Wildman–Crippen LogP) is -2.08. The molecule has 0 heterocycles. The van der Waals surface area contributed by atoms with Gasteiger partial charge in [0.25, 0.3) is 0 Å². The van der Waals surface area contributed by atoms with E-state index in [1.807, 2.05) is 0 Å². The molecule has 0 aromatic rings. The van der Waals surface area contributed by atoms with Gasteiger partial charge in [-0.25, -0.2) is 16.8 Å². The molecule has 0 bridgehead atoms. The fraction of sp³-hybridized carbons (Fsp3) is 0.667. The molecule has 0 rings (SSSR count). The van der Waals surface area contributed by atoms with Crippen LogP contribution in [0, 0.1) is 0 Å². The predicted molar refractivity (Wildman–Crippen MR) is 55.2 cm³/mol. The summed E-state index contributed by atoms with van der Waals surface area (Å²) in [7, 11) is -7.96. The van der Waals surface area contributed by atoms with E-state index in [1.165, 1.54) is 0 Å². The summed E-state index contributed by atoms with van der Waals surface area (Å²) in [4.78, 5) is 20.9. The Morgan fingerprint density at radius 2 is 1.06 bits per heavy atom. The molecule has 0 aliphatic rings. The molecule has 2 N–H and O–H groups in total. The van der Waals surface area contributed by atoms with Gasteiger partial charge >= 0.3 is 0 Å². The molecule has 8 nitrogen and oxygen atoms in total. The van der Waals surface area contributed by atoms with Crippen LogP contribution in [0.2, 0.25) is 0 Å². The van der Waals surface area contributed by atoms with Gasteiger partial charge in [-0.2, -0.15) is 0 Å². The average Bonchev–Trinajstić information content (AvgIpc) is 1.96. The molecule has 2 amide bonds. The number of carbonyl (C=O) groups excluding carboxylic acids is 2. The lowest BCUT2D eigenvalue weighted by molar-refractivity contribution is -0.118. The zero-order valence-corrected chi connectivity index (χ0v) is 10.3. The summed E-state index contributed by atoms with van der Waals surface area (Å²) >= 11 is 0. The summed E-state index contributed by atoms with van der Waals surface area (Å²) in [6, 6.07) is 0. The standard InChI is InChI=1S/C6H12N2O6S2/c1-5(9)7-15(11,12)3-4-16(13,14)8-6(2)10/h3-4H2,1-2H3,(H,7,9)(H,8,10). The molecule has 16 heavy (non-hydrogen) atoms. The van der Waals surface area contributed by atoms with Gasteiger partial charge in [-0.1, -0.05) is 0 Å². The third kappa shape index (κ3) is 7.17. The number of sulfonamides is 2. The van der Waals surface area contributed by atoms with Crippen molar-refractivity contribution in [2.45, 2.75) is 13.8 Å². The van der Waals surface area contributed by atoms with Gasteiger partial charge in [-0.05, 0) is 0 Å². The van der Waals surface area contributed by atoms with Crippen molar-refractivity contribution in [3.63, 3.8) is 0 Å². The Labute approximate surface area is 93.5 Å². The highest BCUT2D eigenvalue weighted by atomic mass is 32.2. The van der Waals surface area contributed by atoms with Crippen LogP contribution in [-0.2, 0) is 29.6 Å². The largest absolute Gasteiger partial charge is 0.274 e.